The third-order valence-corrected chi connectivity index (χ3v) is 6.68. The van der Waals surface area contributed by atoms with Gasteiger partial charge in [0.25, 0.3) is 0 Å². The standard InChI is InChI=1S/C17H25ClN2O3S/c1-3-13(2)19-17(21)12-14-8-10-20(11-9-14)24(22,23)16-6-4-15(18)5-7-16/h4-7,13-14H,3,8-12H2,1-2H3,(H,19,21)/t13-/m0/s1. The summed E-state index contributed by atoms with van der Waals surface area (Å²) in [6.45, 7) is 4.92. The summed E-state index contributed by atoms with van der Waals surface area (Å²) in [5.74, 6) is 0.300. The Hall–Kier alpha value is -1.11. The minimum Gasteiger partial charge on any atom is -0.354 e. The molecule has 1 saturated heterocycles. The molecule has 1 atom stereocenters. The minimum atomic E-state index is -3.48. The summed E-state index contributed by atoms with van der Waals surface area (Å²) in [5, 5.41) is 3.48. The normalized spacial score (nSPS) is 18.3. The molecule has 5 nitrogen and oxygen atoms in total. The van der Waals surface area contributed by atoms with Gasteiger partial charge in [0.1, 0.15) is 0 Å². The van der Waals surface area contributed by atoms with E-state index in [9.17, 15) is 13.2 Å². The Labute approximate surface area is 149 Å². The van der Waals surface area contributed by atoms with Crippen molar-refractivity contribution in [1.82, 2.24) is 9.62 Å². The van der Waals surface area contributed by atoms with E-state index in [1.54, 1.807) is 12.1 Å². The van der Waals surface area contributed by atoms with E-state index < -0.39 is 10.0 Å². The number of sulfonamides is 1. The summed E-state index contributed by atoms with van der Waals surface area (Å²) >= 11 is 5.82. The molecule has 1 aromatic carbocycles. The first-order valence-corrected chi connectivity index (χ1v) is 10.2. The molecule has 1 aromatic rings. The molecule has 0 saturated carbocycles. The lowest BCUT2D eigenvalue weighted by molar-refractivity contribution is -0.122. The molecule has 0 aromatic heterocycles. The van der Waals surface area contributed by atoms with Gasteiger partial charge in [-0.15, -0.1) is 0 Å². The summed E-state index contributed by atoms with van der Waals surface area (Å²) in [5.41, 5.74) is 0. The van der Waals surface area contributed by atoms with Gasteiger partial charge in [-0.1, -0.05) is 18.5 Å². The van der Waals surface area contributed by atoms with Crippen LogP contribution < -0.4 is 5.32 Å². The number of halogens is 1. The lowest BCUT2D eigenvalue weighted by Gasteiger charge is -2.31. The first-order chi connectivity index (χ1) is 11.3. The summed E-state index contributed by atoms with van der Waals surface area (Å²) in [6.07, 6.45) is 2.80. The van der Waals surface area contributed by atoms with E-state index in [1.807, 2.05) is 13.8 Å². The zero-order valence-electron chi connectivity index (χ0n) is 14.2. The average Bonchev–Trinajstić information content (AvgIpc) is 2.55. The van der Waals surface area contributed by atoms with Gasteiger partial charge in [-0.2, -0.15) is 4.31 Å². The summed E-state index contributed by atoms with van der Waals surface area (Å²) in [7, 11) is -3.48. The van der Waals surface area contributed by atoms with E-state index in [-0.39, 0.29) is 22.8 Å². The number of hydrogen-bond acceptors (Lipinski definition) is 3. The van der Waals surface area contributed by atoms with Crippen LogP contribution in [-0.2, 0) is 14.8 Å². The molecule has 7 heteroatoms. The molecule has 134 valence electrons. The number of benzene rings is 1. The monoisotopic (exact) mass is 372 g/mol. The van der Waals surface area contributed by atoms with Gasteiger partial charge >= 0.3 is 0 Å². The third kappa shape index (κ3) is 4.94. The second-order valence-electron chi connectivity index (χ2n) is 6.38. The Balaban J connectivity index is 1.90. The molecule has 2 rings (SSSR count). The van der Waals surface area contributed by atoms with E-state index in [4.69, 9.17) is 11.6 Å². The Morgan fingerprint density at radius 1 is 1.29 bits per heavy atom. The molecular formula is C17H25ClN2O3S. The van der Waals surface area contributed by atoms with Crippen LogP contribution in [0.15, 0.2) is 29.2 Å². The Bertz CT molecular complexity index is 653. The van der Waals surface area contributed by atoms with Crippen molar-refractivity contribution in [2.75, 3.05) is 13.1 Å². The van der Waals surface area contributed by atoms with E-state index in [1.165, 1.54) is 16.4 Å². The Morgan fingerprint density at radius 3 is 2.42 bits per heavy atom. The van der Waals surface area contributed by atoms with Crippen molar-refractivity contribution in [3.05, 3.63) is 29.3 Å². The topological polar surface area (TPSA) is 66.5 Å². The number of nitrogens with zero attached hydrogens (tertiary/aromatic N) is 1. The first kappa shape index (κ1) is 19.2. The van der Waals surface area contributed by atoms with Crippen LogP contribution in [-0.4, -0.2) is 37.8 Å². The second kappa shape index (κ2) is 8.32. The molecule has 24 heavy (non-hydrogen) atoms. The van der Waals surface area contributed by atoms with Gasteiger partial charge in [-0.05, 0) is 56.4 Å². The van der Waals surface area contributed by atoms with Gasteiger partial charge in [0.15, 0.2) is 0 Å². The lowest BCUT2D eigenvalue weighted by Crippen LogP contribution is -2.40. The maximum atomic E-state index is 12.6. The Kier molecular flexibility index (Phi) is 6.66. The highest BCUT2D eigenvalue weighted by Gasteiger charge is 2.30. The fourth-order valence-corrected chi connectivity index (χ4v) is 4.40. The van der Waals surface area contributed by atoms with Crippen LogP contribution in [0.5, 0.6) is 0 Å². The molecule has 0 radical (unpaired) electrons. The quantitative estimate of drug-likeness (QED) is 0.834. The number of carbonyl (C=O) groups excluding carboxylic acids is 1. The van der Waals surface area contributed by atoms with Gasteiger partial charge in [0.2, 0.25) is 15.9 Å². The highest BCUT2D eigenvalue weighted by atomic mass is 35.5. The number of piperidine rings is 1. The van der Waals surface area contributed by atoms with Gasteiger partial charge in [0.05, 0.1) is 4.90 Å². The summed E-state index contributed by atoms with van der Waals surface area (Å²) in [4.78, 5) is 12.2. The van der Waals surface area contributed by atoms with E-state index >= 15 is 0 Å². The predicted octanol–water partition coefficient (Wildman–Crippen LogP) is 3.05. The van der Waals surface area contributed by atoms with Crippen molar-refractivity contribution in [3.63, 3.8) is 0 Å². The van der Waals surface area contributed by atoms with Crippen LogP contribution in [0.1, 0.15) is 39.5 Å². The van der Waals surface area contributed by atoms with Gasteiger partial charge in [-0.3, -0.25) is 4.79 Å². The van der Waals surface area contributed by atoms with Crippen molar-refractivity contribution >= 4 is 27.5 Å². The number of amides is 1. The number of hydrogen-bond donors (Lipinski definition) is 1. The fraction of sp³-hybridized carbons (Fsp3) is 0.588. The maximum Gasteiger partial charge on any atom is 0.243 e. The molecule has 0 unspecified atom stereocenters. The zero-order valence-corrected chi connectivity index (χ0v) is 15.7. The number of nitrogens with one attached hydrogen (secondary N) is 1. The molecule has 1 aliphatic heterocycles. The van der Waals surface area contributed by atoms with Crippen molar-refractivity contribution in [3.8, 4) is 0 Å². The molecule has 1 amide bonds. The molecule has 0 bridgehead atoms. The maximum absolute atomic E-state index is 12.6. The van der Waals surface area contributed by atoms with Gasteiger partial charge < -0.3 is 5.32 Å². The van der Waals surface area contributed by atoms with E-state index in [2.05, 4.69) is 5.32 Å². The average molecular weight is 373 g/mol. The van der Waals surface area contributed by atoms with Crippen LogP contribution in [0.4, 0.5) is 0 Å². The highest BCUT2D eigenvalue weighted by molar-refractivity contribution is 7.89. The largest absolute Gasteiger partial charge is 0.354 e. The first-order valence-electron chi connectivity index (χ1n) is 8.38. The molecule has 0 spiro atoms. The van der Waals surface area contributed by atoms with Gasteiger partial charge in [-0.25, -0.2) is 8.42 Å². The lowest BCUT2D eigenvalue weighted by atomic mass is 9.94. The molecule has 1 heterocycles. The smallest absolute Gasteiger partial charge is 0.243 e. The third-order valence-electron chi connectivity index (χ3n) is 4.52. The van der Waals surface area contributed by atoms with Crippen LogP contribution in [0.25, 0.3) is 0 Å². The van der Waals surface area contributed by atoms with Crippen molar-refractivity contribution < 1.29 is 13.2 Å². The van der Waals surface area contributed by atoms with Crippen molar-refractivity contribution in [2.45, 2.75) is 50.5 Å². The van der Waals surface area contributed by atoms with E-state index in [0.29, 0.717) is 37.4 Å². The molecule has 1 aliphatic rings. The number of rotatable bonds is 6. The SMILES string of the molecule is CC[C@H](C)NC(=O)CC1CCN(S(=O)(=O)c2ccc(Cl)cc2)CC1. The molecule has 1 N–H and O–H groups in total. The molecule has 1 fully saturated rings. The van der Waals surface area contributed by atoms with E-state index in [0.717, 1.165) is 6.42 Å². The van der Waals surface area contributed by atoms with Crippen LogP contribution in [0.2, 0.25) is 5.02 Å². The molecular weight excluding hydrogens is 348 g/mol. The summed E-state index contributed by atoms with van der Waals surface area (Å²) < 4.78 is 26.7. The van der Waals surface area contributed by atoms with Crippen LogP contribution in [0, 0.1) is 5.92 Å². The number of carbonyl (C=O) groups is 1. The Morgan fingerprint density at radius 2 is 1.88 bits per heavy atom. The summed E-state index contributed by atoms with van der Waals surface area (Å²) in [6, 6.07) is 6.41. The minimum absolute atomic E-state index is 0.0587. The zero-order chi connectivity index (χ0) is 17.7. The predicted molar refractivity (Wildman–Crippen MR) is 95.4 cm³/mol. The van der Waals surface area contributed by atoms with Crippen molar-refractivity contribution in [1.29, 1.82) is 0 Å². The van der Waals surface area contributed by atoms with Crippen LogP contribution in [0.3, 0.4) is 0 Å². The highest BCUT2D eigenvalue weighted by Crippen LogP contribution is 2.26. The van der Waals surface area contributed by atoms with Gasteiger partial charge in [0, 0.05) is 30.6 Å². The van der Waals surface area contributed by atoms with Crippen molar-refractivity contribution in [2.24, 2.45) is 5.92 Å². The molecule has 0 aliphatic carbocycles. The van der Waals surface area contributed by atoms with Crippen LogP contribution >= 0.6 is 11.6 Å². The fourth-order valence-electron chi connectivity index (χ4n) is 2.81. The second-order valence-corrected chi connectivity index (χ2v) is 8.76.